The molecule has 0 bridgehead atoms. The number of primary amides is 1. The molecule has 34 heteroatoms. The van der Waals surface area contributed by atoms with Crippen molar-refractivity contribution >= 4 is 99.6 Å². The number of carbonyl (C=O) groups is 14. The molecule has 2 aromatic rings. The van der Waals surface area contributed by atoms with Crippen molar-refractivity contribution in [2.75, 3.05) is 18.8 Å². The van der Waals surface area contributed by atoms with Gasteiger partial charge in [0, 0.05) is 49.4 Å². The van der Waals surface area contributed by atoms with E-state index in [1.165, 1.54) is 37.3 Å². The first-order valence-electron chi connectivity index (χ1n) is 33.7. The van der Waals surface area contributed by atoms with Crippen LogP contribution in [0.25, 0.3) is 0 Å². The number of aliphatic imine (C=N–C) groups is 1. The first-order chi connectivity index (χ1) is 47.4. The third-order valence-electron chi connectivity index (χ3n) is 17.2. The molecule has 1 aromatic carbocycles. The number of nitrogens with two attached hydrogens (primary N) is 3. The molecule has 20 N–H and O–H groups in total. The summed E-state index contributed by atoms with van der Waals surface area (Å²) in [4.78, 5) is 206. The van der Waals surface area contributed by atoms with Gasteiger partial charge in [-0.25, -0.2) is 4.98 Å². The predicted octanol–water partition coefficient (Wildman–Crippen LogP) is -1.90. The van der Waals surface area contributed by atoms with Crippen LogP contribution >= 0.6 is 11.8 Å². The average Bonchev–Trinajstić information content (AvgIpc) is 1.24. The summed E-state index contributed by atoms with van der Waals surface area (Å²) in [6.07, 6.45) is 1.26. The van der Waals surface area contributed by atoms with E-state index in [-0.39, 0.29) is 94.2 Å². The van der Waals surface area contributed by atoms with Gasteiger partial charge in [-0.3, -0.25) is 72.1 Å². The highest BCUT2D eigenvalue weighted by atomic mass is 32.2. The molecule has 0 unspecified atom stereocenters. The van der Waals surface area contributed by atoms with E-state index in [1.54, 1.807) is 58.0 Å². The smallest absolute Gasteiger partial charge is 0.305 e. The Hall–Kier alpha value is -9.31. The van der Waals surface area contributed by atoms with Gasteiger partial charge in [0.2, 0.25) is 70.9 Å². The molecule has 2 aliphatic heterocycles. The second-order valence-corrected chi connectivity index (χ2v) is 26.7. The Kier molecular flexibility index (Phi) is 34.9. The summed E-state index contributed by atoms with van der Waals surface area (Å²) in [6.45, 7) is 16.0. The second-order valence-electron chi connectivity index (χ2n) is 25.7. The fourth-order valence-electron chi connectivity index (χ4n) is 10.7. The molecule has 1 fully saturated rings. The molecule has 1 saturated heterocycles. The number of aromatic nitrogens is 2. The molecule has 552 valence electrons. The Morgan fingerprint density at radius 2 is 1.30 bits per heavy atom. The minimum absolute atomic E-state index is 0.00991. The topological polar surface area (TPSA) is 531 Å². The van der Waals surface area contributed by atoms with Crippen molar-refractivity contribution in [1.29, 1.82) is 0 Å². The van der Waals surface area contributed by atoms with E-state index in [9.17, 15) is 77.3 Å². The summed E-state index contributed by atoms with van der Waals surface area (Å²) >= 11 is 1.34. The Bertz CT molecular complexity index is 3190. The van der Waals surface area contributed by atoms with Gasteiger partial charge < -0.3 is 90.9 Å². The van der Waals surface area contributed by atoms with E-state index in [0.29, 0.717) is 10.6 Å². The van der Waals surface area contributed by atoms with Crippen molar-refractivity contribution in [3.63, 3.8) is 0 Å². The lowest BCUT2D eigenvalue weighted by Crippen LogP contribution is -2.62. The lowest BCUT2D eigenvalue weighted by Gasteiger charge is -2.30. The number of aromatic amines is 1. The number of carbonyl (C=O) groups excluding carboxylic acids is 12. The number of nitrogens with one attached hydrogen (secondary N) is 12. The van der Waals surface area contributed by atoms with Crippen molar-refractivity contribution in [2.24, 2.45) is 45.9 Å². The van der Waals surface area contributed by atoms with Gasteiger partial charge >= 0.3 is 11.9 Å². The van der Waals surface area contributed by atoms with E-state index >= 15 is 0 Å². The maximum atomic E-state index is 14.9. The molecule has 0 radical (unpaired) electrons. The van der Waals surface area contributed by atoms with Crippen molar-refractivity contribution in [1.82, 2.24) is 68.5 Å². The van der Waals surface area contributed by atoms with E-state index in [2.05, 4.69) is 80.0 Å². The minimum atomic E-state index is -1.95. The van der Waals surface area contributed by atoms with Gasteiger partial charge in [0.05, 0.1) is 30.3 Å². The number of benzene rings is 1. The number of amides is 12. The van der Waals surface area contributed by atoms with Crippen LogP contribution < -0.4 is 75.7 Å². The second kappa shape index (κ2) is 41.9. The molecule has 0 saturated carbocycles. The number of hydrogen-bond acceptors (Lipinski definition) is 19. The van der Waals surface area contributed by atoms with Gasteiger partial charge in [0.15, 0.2) is 0 Å². The standard InChI is InChI=1S/C66H101N17O16S/c1-9-35(6)52(69)66-81-48(32-100-66)63(97)76-43(26-34(4)5)59(93)74-42(22-23-50(85)86)58(92)83-53(36(7)10-2)64(98)75-40-20-15-16-25-71-55(89)46(29-49(68)84)78-62(96)47(30-51(87)88)79-61(95)45(28-39-31-70-33-72-39)77-60(94)44(27-38-18-13-12-14-19-38)80-65(99)54(37(8)11-3)82-57(91)41(21-17-24-67)73-56(40)90/h11-14,18-19,31,33-37,40-48,52-54H,3,9-10,15-17,20-30,32,67,69H2,1-2,4-8H3,(H2,68,84)(H,70,72)(H,71,89)(H,73,90)(H,74,93)(H,75,98)(H,76,97)(H,77,94)(H,78,96)(H,79,95)(H,80,99)(H,82,91)(H,83,92)(H,85,86)(H,87,88)/t35-,36-,37-,40-,41+,42+,43-,44+,45-,46-,47+,48-,52-,53-,54-/m0/s1. The van der Waals surface area contributed by atoms with Crippen LogP contribution in [-0.2, 0) is 80.0 Å². The number of imidazole rings is 1. The Balaban J connectivity index is 1.77. The Labute approximate surface area is 585 Å². The molecule has 1 aromatic heterocycles. The zero-order valence-corrected chi connectivity index (χ0v) is 58.5. The van der Waals surface area contributed by atoms with E-state index in [4.69, 9.17) is 17.2 Å². The van der Waals surface area contributed by atoms with Crippen LogP contribution in [0.5, 0.6) is 0 Å². The summed E-state index contributed by atoms with van der Waals surface area (Å²) in [7, 11) is 0. The lowest BCUT2D eigenvalue weighted by molar-refractivity contribution is -0.142. The zero-order chi connectivity index (χ0) is 74.3. The number of H-pyrrole nitrogens is 1. The van der Waals surface area contributed by atoms with Crippen LogP contribution in [0.2, 0.25) is 0 Å². The Morgan fingerprint density at radius 3 is 1.89 bits per heavy atom. The number of aliphatic carboxylic acids is 2. The maximum Gasteiger partial charge on any atom is 0.305 e. The fraction of sp³-hybridized carbons (Fsp3) is 0.606. The molecule has 100 heavy (non-hydrogen) atoms. The SMILES string of the molecule is C=C[C@H](C)[C@@H]1NC(=O)[C@@H](CCCN)NC(=O)[C@@H](NC(=O)[C@@H](NC(=O)[C@@H](CCC(=O)O)NC(=O)[C@H](CC(C)C)NC(=O)[C@@H]2CSC([C@@H](N)[C@@H](C)CC)=N2)[C@@H](C)CC)CCCCNC(=O)[C@H](CC(N)=O)NC(=O)[C@@H](CC(=O)O)NC(=O)[C@H](Cc2cnc[nH]2)NC(=O)[C@@H](Cc2ccccc2)NC1=O. The molecule has 2 aliphatic rings. The molecular weight excluding hydrogens is 1320 g/mol. The third-order valence-corrected chi connectivity index (χ3v) is 18.3. The van der Waals surface area contributed by atoms with E-state index < -0.39 is 193 Å². The predicted molar refractivity (Wildman–Crippen MR) is 369 cm³/mol. The summed E-state index contributed by atoms with van der Waals surface area (Å²) in [6, 6.07) is -8.67. The highest BCUT2D eigenvalue weighted by Gasteiger charge is 2.40. The maximum absolute atomic E-state index is 14.9. The van der Waals surface area contributed by atoms with Crippen molar-refractivity contribution in [2.45, 2.75) is 211 Å². The van der Waals surface area contributed by atoms with E-state index in [0.717, 1.165) is 6.42 Å². The molecule has 0 aliphatic carbocycles. The van der Waals surface area contributed by atoms with Crippen molar-refractivity contribution in [3.05, 3.63) is 66.8 Å². The highest BCUT2D eigenvalue weighted by Crippen LogP contribution is 2.25. The summed E-state index contributed by atoms with van der Waals surface area (Å²) in [5.74, 6) is -15.9. The summed E-state index contributed by atoms with van der Waals surface area (Å²) in [5.41, 5.74) is 18.7. The number of hydrogen-bond donors (Lipinski definition) is 17. The molecular formula is C66H101N17O16S. The molecule has 3 heterocycles. The van der Waals surface area contributed by atoms with Crippen molar-refractivity contribution in [3.8, 4) is 0 Å². The fourth-order valence-corrected chi connectivity index (χ4v) is 11.9. The van der Waals surface area contributed by atoms with Crippen LogP contribution in [0.4, 0.5) is 0 Å². The van der Waals surface area contributed by atoms with E-state index in [1.807, 2.05) is 13.8 Å². The molecule has 33 nitrogen and oxygen atoms in total. The quantitative estimate of drug-likeness (QED) is 0.0367. The number of rotatable bonds is 31. The number of nitrogens with zero attached hydrogens (tertiary/aromatic N) is 2. The van der Waals surface area contributed by atoms with Crippen molar-refractivity contribution < 1.29 is 77.3 Å². The summed E-state index contributed by atoms with van der Waals surface area (Å²) < 4.78 is 0. The zero-order valence-electron chi connectivity index (χ0n) is 57.7. The number of thioether (sulfide) groups is 1. The van der Waals surface area contributed by atoms with Gasteiger partial charge in [-0.05, 0) is 74.8 Å². The van der Waals surface area contributed by atoms with Gasteiger partial charge in [0.1, 0.15) is 66.5 Å². The largest absolute Gasteiger partial charge is 0.481 e. The minimum Gasteiger partial charge on any atom is -0.481 e. The lowest BCUT2D eigenvalue weighted by atomic mass is 9.96. The highest BCUT2D eigenvalue weighted by molar-refractivity contribution is 8.14. The van der Waals surface area contributed by atoms with Crippen LogP contribution in [-0.4, -0.2) is 199 Å². The molecule has 0 spiro atoms. The molecule has 4 rings (SSSR count). The Morgan fingerprint density at radius 1 is 0.700 bits per heavy atom. The number of carboxylic acids is 2. The molecule has 15 atom stereocenters. The monoisotopic (exact) mass is 1420 g/mol. The number of carboxylic acid groups (broad SMARTS) is 2. The molecule has 12 amide bonds. The van der Waals surface area contributed by atoms with Gasteiger partial charge in [0.25, 0.3) is 0 Å². The van der Waals surface area contributed by atoms with Crippen LogP contribution in [0.3, 0.4) is 0 Å². The first-order valence-corrected chi connectivity index (χ1v) is 34.7. The first kappa shape index (κ1) is 83.1. The van der Waals surface area contributed by atoms with Gasteiger partial charge in [-0.15, -0.1) is 18.3 Å². The summed E-state index contributed by atoms with van der Waals surface area (Å²) in [5, 5.41) is 48.8. The average molecular weight is 1420 g/mol. The van der Waals surface area contributed by atoms with Crippen LogP contribution in [0, 0.1) is 23.7 Å². The van der Waals surface area contributed by atoms with Crippen LogP contribution in [0.1, 0.15) is 137 Å². The normalized spacial score (nSPS) is 23.1. The van der Waals surface area contributed by atoms with Gasteiger partial charge in [-0.2, -0.15) is 0 Å². The van der Waals surface area contributed by atoms with Gasteiger partial charge in [-0.1, -0.05) is 97.7 Å². The van der Waals surface area contributed by atoms with Crippen LogP contribution in [0.15, 0.2) is 60.5 Å². The third kappa shape index (κ3) is 27.4.